The molecule has 1 aliphatic rings. The average Bonchev–Trinajstić information content (AvgIpc) is 3.29. The number of nitrogens with zero attached hydrogens (tertiary/aromatic N) is 1. The second-order valence-electron chi connectivity index (χ2n) is 6.38. The van der Waals surface area contributed by atoms with Gasteiger partial charge in [-0.25, -0.2) is 0 Å². The predicted molar refractivity (Wildman–Crippen MR) is 103 cm³/mol. The molecular weight excluding hydrogens is 346 g/mol. The number of aromatic nitrogens is 1. The van der Waals surface area contributed by atoms with E-state index in [1.807, 2.05) is 29.1 Å². The maximum atomic E-state index is 13.1. The van der Waals surface area contributed by atoms with Crippen molar-refractivity contribution in [1.82, 2.24) is 4.57 Å². The first kappa shape index (κ1) is 16.6. The molecule has 0 saturated carbocycles. The van der Waals surface area contributed by atoms with Crippen molar-refractivity contribution in [3.8, 4) is 5.00 Å². The molecule has 1 aromatic carbocycles. The summed E-state index contributed by atoms with van der Waals surface area (Å²) in [5.41, 5.74) is 8.18. The Labute approximate surface area is 155 Å². The van der Waals surface area contributed by atoms with Crippen LogP contribution in [-0.2, 0) is 12.8 Å². The Kier molecular flexibility index (Phi) is 4.34. The molecule has 0 fully saturated rings. The zero-order valence-corrected chi connectivity index (χ0v) is 15.0. The van der Waals surface area contributed by atoms with Gasteiger partial charge in [0, 0.05) is 28.5 Å². The third-order valence-electron chi connectivity index (χ3n) is 4.62. The van der Waals surface area contributed by atoms with E-state index in [1.165, 1.54) is 11.3 Å². The molecule has 0 bridgehead atoms. The van der Waals surface area contributed by atoms with Crippen molar-refractivity contribution >= 4 is 28.8 Å². The lowest BCUT2D eigenvalue weighted by Gasteiger charge is -2.13. The van der Waals surface area contributed by atoms with E-state index in [1.54, 1.807) is 35.6 Å². The lowest BCUT2D eigenvalue weighted by molar-refractivity contribution is 0.0996. The molecule has 0 saturated heterocycles. The molecule has 4 rings (SSSR count). The molecule has 0 aliphatic heterocycles. The zero-order valence-electron chi connectivity index (χ0n) is 14.2. The molecule has 2 aromatic heterocycles. The number of carbonyl (C=O) groups is 2. The van der Waals surface area contributed by atoms with Crippen LogP contribution in [0.1, 0.15) is 44.0 Å². The van der Waals surface area contributed by atoms with Gasteiger partial charge in [0.15, 0.2) is 0 Å². The van der Waals surface area contributed by atoms with Crippen LogP contribution in [0.15, 0.2) is 48.8 Å². The Bertz CT molecular complexity index is 973. The number of hydrogen-bond acceptors (Lipinski definition) is 3. The van der Waals surface area contributed by atoms with E-state index < -0.39 is 5.91 Å². The second kappa shape index (κ2) is 6.80. The molecule has 2 amide bonds. The maximum Gasteiger partial charge on any atom is 0.258 e. The Morgan fingerprint density at radius 2 is 1.85 bits per heavy atom. The fourth-order valence-corrected chi connectivity index (χ4v) is 4.73. The number of fused-ring (bicyclic) bond motifs is 1. The van der Waals surface area contributed by atoms with Gasteiger partial charge >= 0.3 is 0 Å². The minimum atomic E-state index is -0.512. The predicted octanol–water partition coefficient (Wildman–Crippen LogP) is 3.77. The summed E-state index contributed by atoms with van der Waals surface area (Å²) in [7, 11) is 0. The molecule has 0 atom stereocenters. The van der Waals surface area contributed by atoms with Gasteiger partial charge in [-0.1, -0.05) is 6.07 Å². The fourth-order valence-electron chi connectivity index (χ4n) is 3.38. The molecule has 6 heteroatoms. The Balaban J connectivity index is 1.72. The summed E-state index contributed by atoms with van der Waals surface area (Å²) in [6, 6.07) is 10.6. The largest absolute Gasteiger partial charge is 0.366 e. The lowest BCUT2D eigenvalue weighted by Crippen LogP contribution is -2.17. The normalized spacial score (nSPS) is 13.2. The summed E-state index contributed by atoms with van der Waals surface area (Å²) >= 11 is 1.69. The summed E-state index contributed by atoms with van der Waals surface area (Å²) in [4.78, 5) is 25.8. The Morgan fingerprint density at radius 3 is 2.62 bits per heavy atom. The number of hydrogen-bond donors (Lipinski definition) is 2. The SMILES string of the molecule is NC(=O)c1cccc(NC(=O)c2c(-n3cccc3)sc3c2CCCC3)c1. The molecule has 1 aliphatic carbocycles. The number of rotatable bonds is 4. The topological polar surface area (TPSA) is 77.1 Å². The average molecular weight is 365 g/mol. The van der Waals surface area contributed by atoms with Gasteiger partial charge < -0.3 is 15.6 Å². The highest BCUT2D eigenvalue weighted by Crippen LogP contribution is 2.37. The highest BCUT2D eigenvalue weighted by Gasteiger charge is 2.26. The van der Waals surface area contributed by atoms with Crippen molar-refractivity contribution in [2.24, 2.45) is 5.73 Å². The fraction of sp³-hybridized carbons (Fsp3) is 0.200. The Hall–Kier alpha value is -2.86. The van der Waals surface area contributed by atoms with E-state index in [-0.39, 0.29) is 5.91 Å². The molecule has 0 unspecified atom stereocenters. The molecule has 3 N–H and O–H groups in total. The van der Waals surface area contributed by atoms with Gasteiger partial charge in [-0.3, -0.25) is 9.59 Å². The van der Waals surface area contributed by atoms with Crippen LogP contribution in [0.2, 0.25) is 0 Å². The van der Waals surface area contributed by atoms with E-state index in [0.717, 1.165) is 35.4 Å². The van der Waals surface area contributed by atoms with E-state index in [4.69, 9.17) is 5.73 Å². The van der Waals surface area contributed by atoms with Crippen LogP contribution in [-0.4, -0.2) is 16.4 Å². The van der Waals surface area contributed by atoms with Gasteiger partial charge in [0.25, 0.3) is 5.91 Å². The van der Waals surface area contributed by atoms with Crippen molar-refractivity contribution < 1.29 is 9.59 Å². The van der Waals surface area contributed by atoms with E-state index in [9.17, 15) is 9.59 Å². The van der Waals surface area contributed by atoms with Crippen LogP contribution in [0, 0.1) is 0 Å². The van der Waals surface area contributed by atoms with Gasteiger partial charge in [-0.05, 0) is 61.6 Å². The van der Waals surface area contributed by atoms with Crippen molar-refractivity contribution in [1.29, 1.82) is 0 Å². The number of amides is 2. The number of primary amides is 1. The number of carbonyl (C=O) groups excluding carboxylic acids is 2. The molecular formula is C20H19N3O2S. The lowest BCUT2D eigenvalue weighted by atomic mass is 9.95. The molecule has 26 heavy (non-hydrogen) atoms. The minimum absolute atomic E-state index is 0.144. The van der Waals surface area contributed by atoms with E-state index >= 15 is 0 Å². The van der Waals surface area contributed by atoms with Gasteiger partial charge in [0.2, 0.25) is 5.91 Å². The van der Waals surface area contributed by atoms with Crippen LogP contribution in [0.3, 0.4) is 0 Å². The number of nitrogens with two attached hydrogens (primary N) is 1. The van der Waals surface area contributed by atoms with Gasteiger partial charge in [-0.2, -0.15) is 0 Å². The van der Waals surface area contributed by atoms with E-state index in [0.29, 0.717) is 11.3 Å². The molecule has 0 radical (unpaired) electrons. The monoisotopic (exact) mass is 365 g/mol. The minimum Gasteiger partial charge on any atom is -0.366 e. The zero-order chi connectivity index (χ0) is 18.1. The first-order chi connectivity index (χ1) is 12.6. The van der Waals surface area contributed by atoms with Crippen molar-refractivity contribution in [2.75, 3.05) is 5.32 Å². The number of nitrogens with one attached hydrogen (secondary N) is 1. The first-order valence-electron chi connectivity index (χ1n) is 8.62. The van der Waals surface area contributed by atoms with Crippen LogP contribution < -0.4 is 11.1 Å². The number of thiophene rings is 1. The van der Waals surface area contributed by atoms with Crippen LogP contribution in [0.25, 0.3) is 5.00 Å². The molecule has 2 heterocycles. The Morgan fingerprint density at radius 1 is 1.08 bits per heavy atom. The first-order valence-corrected chi connectivity index (χ1v) is 9.44. The number of anilines is 1. The smallest absolute Gasteiger partial charge is 0.258 e. The number of aryl methyl sites for hydroxylation is 1. The summed E-state index contributed by atoms with van der Waals surface area (Å²) in [5, 5.41) is 3.89. The summed E-state index contributed by atoms with van der Waals surface area (Å²) in [6.45, 7) is 0. The second-order valence-corrected chi connectivity index (χ2v) is 7.46. The van der Waals surface area contributed by atoms with Crippen molar-refractivity contribution in [3.63, 3.8) is 0 Å². The van der Waals surface area contributed by atoms with Crippen LogP contribution in [0.5, 0.6) is 0 Å². The van der Waals surface area contributed by atoms with E-state index in [2.05, 4.69) is 5.32 Å². The molecule has 132 valence electrons. The number of benzene rings is 1. The summed E-state index contributed by atoms with van der Waals surface area (Å²) < 4.78 is 2.00. The third kappa shape index (κ3) is 3.04. The standard InChI is InChI=1S/C20H19N3O2S/c21-18(24)13-6-5-7-14(12-13)22-19(25)17-15-8-1-2-9-16(15)26-20(17)23-10-3-4-11-23/h3-7,10-12H,1-2,8-9H2,(H2,21,24)(H,22,25). The van der Waals surface area contributed by atoms with Gasteiger partial charge in [0.05, 0.1) is 5.56 Å². The third-order valence-corrected chi connectivity index (χ3v) is 5.93. The maximum absolute atomic E-state index is 13.1. The summed E-state index contributed by atoms with van der Waals surface area (Å²) in [5.74, 6) is -0.656. The highest BCUT2D eigenvalue weighted by atomic mass is 32.1. The van der Waals surface area contributed by atoms with Crippen LogP contribution >= 0.6 is 11.3 Å². The highest BCUT2D eigenvalue weighted by molar-refractivity contribution is 7.15. The van der Waals surface area contributed by atoms with Crippen molar-refractivity contribution in [3.05, 3.63) is 70.4 Å². The molecule has 5 nitrogen and oxygen atoms in total. The van der Waals surface area contributed by atoms with Crippen LogP contribution in [0.4, 0.5) is 5.69 Å². The quantitative estimate of drug-likeness (QED) is 0.738. The van der Waals surface area contributed by atoms with Gasteiger partial charge in [0.1, 0.15) is 5.00 Å². The molecule has 0 spiro atoms. The summed E-state index contributed by atoms with van der Waals surface area (Å²) in [6.07, 6.45) is 8.14. The van der Waals surface area contributed by atoms with Gasteiger partial charge in [-0.15, -0.1) is 11.3 Å². The molecule has 3 aromatic rings. The van der Waals surface area contributed by atoms with Crippen molar-refractivity contribution in [2.45, 2.75) is 25.7 Å².